The molecule has 1 fully saturated rings. The monoisotopic (exact) mass is 483 g/mol. The van der Waals surface area contributed by atoms with Gasteiger partial charge in [0.05, 0.1) is 10.6 Å². The van der Waals surface area contributed by atoms with Crippen molar-refractivity contribution in [2.75, 3.05) is 6.54 Å². The van der Waals surface area contributed by atoms with Gasteiger partial charge >= 0.3 is 0 Å². The summed E-state index contributed by atoms with van der Waals surface area (Å²) in [4.78, 5) is 16.8. The van der Waals surface area contributed by atoms with E-state index in [2.05, 4.69) is 10.3 Å². The molecule has 2 heterocycles. The number of ether oxygens (including phenoxy) is 1. The van der Waals surface area contributed by atoms with Gasteiger partial charge in [-0.05, 0) is 67.3 Å². The Morgan fingerprint density at radius 2 is 1.88 bits per heavy atom. The van der Waals surface area contributed by atoms with Gasteiger partial charge in [-0.2, -0.15) is 4.31 Å². The van der Waals surface area contributed by atoms with E-state index in [1.165, 1.54) is 22.5 Å². The number of halogens is 1. The molecule has 1 aromatic heterocycles. The van der Waals surface area contributed by atoms with Crippen molar-refractivity contribution in [1.82, 2.24) is 14.6 Å². The summed E-state index contributed by atoms with van der Waals surface area (Å²) in [5.41, 5.74) is 1.47. The predicted molar refractivity (Wildman–Crippen MR) is 125 cm³/mol. The molecule has 178 valence electrons. The summed E-state index contributed by atoms with van der Waals surface area (Å²) in [6.07, 6.45) is 3.57. The molecule has 0 radical (unpaired) electrons. The number of rotatable bonds is 8. The van der Waals surface area contributed by atoms with Crippen LogP contribution in [-0.2, 0) is 28.0 Å². The molecule has 3 aromatic rings. The number of hydrogen-bond donors (Lipinski definition) is 1. The van der Waals surface area contributed by atoms with Crippen LogP contribution in [0.1, 0.15) is 30.5 Å². The van der Waals surface area contributed by atoms with Crippen molar-refractivity contribution in [3.05, 3.63) is 90.0 Å². The van der Waals surface area contributed by atoms with Crippen LogP contribution in [-0.4, -0.2) is 36.2 Å². The fraction of sp³-hybridized carbons (Fsp3) is 0.280. The molecule has 1 atom stereocenters. The summed E-state index contributed by atoms with van der Waals surface area (Å²) in [5.74, 6) is -0.380. The quantitative estimate of drug-likeness (QED) is 0.528. The average molecular weight is 484 g/mol. The van der Waals surface area contributed by atoms with Crippen LogP contribution in [0.4, 0.5) is 4.39 Å². The first kappa shape index (κ1) is 23.8. The first-order chi connectivity index (χ1) is 16.4. The van der Waals surface area contributed by atoms with Crippen molar-refractivity contribution in [3.8, 4) is 5.75 Å². The van der Waals surface area contributed by atoms with Crippen LogP contribution in [0.3, 0.4) is 0 Å². The fourth-order valence-electron chi connectivity index (χ4n) is 3.84. The summed E-state index contributed by atoms with van der Waals surface area (Å²) in [6, 6.07) is 16.6. The van der Waals surface area contributed by atoms with Crippen LogP contribution in [0.15, 0.2) is 77.8 Å². The molecule has 7 nitrogen and oxygen atoms in total. The summed E-state index contributed by atoms with van der Waals surface area (Å²) < 4.78 is 47.8. The number of nitrogens with one attached hydrogen (secondary N) is 1. The number of pyridine rings is 1. The number of sulfonamides is 1. The van der Waals surface area contributed by atoms with Gasteiger partial charge in [0.1, 0.15) is 24.2 Å². The minimum absolute atomic E-state index is 0.0303. The molecule has 1 aliphatic heterocycles. The first-order valence-electron chi connectivity index (χ1n) is 11.1. The number of aromatic nitrogens is 1. The van der Waals surface area contributed by atoms with Gasteiger partial charge in [0.2, 0.25) is 15.9 Å². The van der Waals surface area contributed by atoms with Crippen LogP contribution in [0, 0.1) is 5.82 Å². The molecule has 0 unspecified atom stereocenters. The lowest BCUT2D eigenvalue weighted by Crippen LogP contribution is -2.48. The molecule has 0 aliphatic carbocycles. The van der Waals surface area contributed by atoms with Gasteiger partial charge < -0.3 is 10.1 Å². The lowest BCUT2D eigenvalue weighted by Gasteiger charge is -2.29. The summed E-state index contributed by atoms with van der Waals surface area (Å²) >= 11 is 0. The summed E-state index contributed by atoms with van der Waals surface area (Å²) in [6.45, 7) is 0.783. The zero-order valence-corrected chi connectivity index (χ0v) is 19.4. The molecule has 1 N–H and O–H groups in total. The van der Waals surface area contributed by atoms with Crippen LogP contribution in [0.2, 0.25) is 0 Å². The van der Waals surface area contributed by atoms with E-state index in [9.17, 15) is 17.6 Å². The molecule has 4 rings (SSSR count). The highest BCUT2D eigenvalue weighted by molar-refractivity contribution is 7.89. The zero-order valence-electron chi connectivity index (χ0n) is 18.6. The van der Waals surface area contributed by atoms with Crippen LogP contribution in [0.25, 0.3) is 0 Å². The fourth-order valence-corrected chi connectivity index (χ4v) is 5.47. The van der Waals surface area contributed by atoms with Crippen molar-refractivity contribution in [3.63, 3.8) is 0 Å². The molecule has 0 saturated carbocycles. The van der Waals surface area contributed by atoms with Gasteiger partial charge in [-0.1, -0.05) is 24.3 Å². The third kappa shape index (κ3) is 5.78. The van der Waals surface area contributed by atoms with E-state index in [1.54, 1.807) is 30.5 Å². The van der Waals surface area contributed by atoms with E-state index in [0.717, 1.165) is 18.2 Å². The maximum Gasteiger partial charge on any atom is 0.244 e. The lowest BCUT2D eigenvalue weighted by atomic mass is 10.1. The Balaban J connectivity index is 1.57. The van der Waals surface area contributed by atoms with Crippen molar-refractivity contribution in [1.29, 1.82) is 0 Å². The zero-order chi connectivity index (χ0) is 24.0. The summed E-state index contributed by atoms with van der Waals surface area (Å²) in [7, 11) is -4.13. The second kappa shape index (κ2) is 10.8. The molecule has 2 aromatic carbocycles. The summed E-state index contributed by atoms with van der Waals surface area (Å²) in [5, 5.41) is 2.79. The minimum Gasteiger partial charge on any atom is -0.487 e. The predicted octanol–water partition coefficient (Wildman–Crippen LogP) is 3.66. The third-order valence-corrected chi connectivity index (χ3v) is 7.48. The molecular weight excluding hydrogens is 457 g/mol. The number of nitrogens with zero attached hydrogens (tertiary/aromatic N) is 2. The van der Waals surface area contributed by atoms with Gasteiger partial charge in [-0.3, -0.25) is 9.78 Å². The average Bonchev–Trinajstić information content (AvgIpc) is 3.06. The molecule has 34 heavy (non-hydrogen) atoms. The Hall–Kier alpha value is -3.30. The number of carbonyl (C=O) groups excluding carboxylic acids is 1. The van der Waals surface area contributed by atoms with Crippen molar-refractivity contribution >= 4 is 15.9 Å². The van der Waals surface area contributed by atoms with Gasteiger partial charge in [-0.25, -0.2) is 12.8 Å². The molecule has 0 bridgehead atoms. The van der Waals surface area contributed by atoms with E-state index in [0.29, 0.717) is 37.3 Å². The van der Waals surface area contributed by atoms with Crippen LogP contribution in [0.5, 0.6) is 5.75 Å². The number of hydrogen-bond acceptors (Lipinski definition) is 5. The van der Waals surface area contributed by atoms with E-state index < -0.39 is 21.9 Å². The topological polar surface area (TPSA) is 88.6 Å². The van der Waals surface area contributed by atoms with E-state index in [1.807, 2.05) is 18.2 Å². The van der Waals surface area contributed by atoms with Crippen LogP contribution >= 0.6 is 0 Å². The molecular formula is C25H26FN3O4S. The Bertz CT molecular complexity index is 1220. The highest BCUT2D eigenvalue weighted by atomic mass is 32.2. The molecule has 1 aliphatic rings. The van der Waals surface area contributed by atoms with Crippen LogP contribution < -0.4 is 10.1 Å². The van der Waals surface area contributed by atoms with Gasteiger partial charge in [0.25, 0.3) is 0 Å². The molecule has 1 amide bonds. The smallest absolute Gasteiger partial charge is 0.244 e. The van der Waals surface area contributed by atoms with Crippen molar-refractivity contribution in [2.45, 2.75) is 43.4 Å². The second-order valence-corrected chi connectivity index (χ2v) is 9.95. The SMILES string of the molecule is O=C1NCCCC[C@@H]1N(Cc1ccc(OCc2ccccn2)cc1)S(=O)(=O)c1cccc(F)c1. The second-order valence-electron chi connectivity index (χ2n) is 8.06. The highest BCUT2D eigenvalue weighted by Gasteiger charge is 2.36. The van der Waals surface area contributed by atoms with Gasteiger partial charge in [0, 0.05) is 19.3 Å². The Kier molecular flexibility index (Phi) is 7.54. The largest absolute Gasteiger partial charge is 0.487 e. The maximum atomic E-state index is 13.8. The Morgan fingerprint density at radius 3 is 2.62 bits per heavy atom. The maximum absolute atomic E-state index is 13.8. The number of amides is 1. The number of benzene rings is 2. The van der Waals surface area contributed by atoms with Crippen molar-refractivity contribution < 1.29 is 22.3 Å². The molecule has 9 heteroatoms. The highest BCUT2D eigenvalue weighted by Crippen LogP contribution is 2.26. The minimum atomic E-state index is -4.13. The van der Waals surface area contributed by atoms with Gasteiger partial charge in [0.15, 0.2) is 0 Å². The normalized spacial score (nSPS) is 16.6. The first-order valence-corrected chi connectivity index (χ1v) is 12.5. The molecule has 1 saturated heterocycles. The third-order valence-electron chi connectivity index (χ3n) is 5.63. The van der Waals surface area contributed by atoms with Crippen molar-refractivity contribution in [2.24, 2.45) is 0 Å². The molecule has 0 spiro atoms. The van der Waals surface area contributed by atoms with E-state index >= 15 is 0 Å². The van der Waals surface area contributed by atoms with E-state index in [-0.39, 0.29) is 17.3 Å². The number of carbonyl (C=O) groups is 1. The standard InChI is InChI=1S/C25H26FN3O4S/c26-20-6-5-8-23(16-20)34(31,32)29(24-9-2-4-15-28-25(24)30)17-19-10-12-22(13-11-19)33-18-21-7-1-3-14-27-21/h1,3,5-8,10-14,16,24H,2,4,9,15,17-18H2,(H,28,30)/t24-/m0/s1. The lowest BCUT2D eigenvalue weighted by molar-refractivity contribution is -0.124. The van der Waals surface area contributed by atoms with Gasteiger partial charge in [-0.15, -0.1) is 0 Å². The Labute approximate surface area is 198 Å². The van der Waals surface area contributed by atoms with E-state index in [4.69, 9.17) is 4.74 Å². The Morgan fingerprint density at radius 1 is 1.06 bits per heavy atom.